The molecule has 102 valence electrons. The van der Waals surface area contributed by atoms with Crippen LogP contribution in [0.3, 0.4) is 0 Å². The molecule has 0 saturated carbocycles. The van der Waals surface area contributed by atoms with Crippen molar-refractivity contribution in [3.05, 3.63) is 47.7 Å². The molecule has 1 aromatic carbocycles. The highest BCUT2D eigenvalue weighted by atomic mass is 16.3. The van der Waals surface area contributed by atoms with Crippen molar-refractivity contribution >= 4 is 12.4 Å². The van der Waals surface area contributed by atoms with Crippen LogP contribution in [0.4, 0.5) is 0 Å². The lowest BCUT2D eigenvalue weighted by molar-refractivity contribution is 0.474. The molecule has 2 rings (SSSR count). The molecule has 4 heteroatoms. The number of hydrogen-bond acceptors (Lipinski definition) is 4. The van der Waals surface area contributed by atoms with Crippen LogP contribution in [0.15, 0.2) is 41.4 Å². The maximum atomic E-state index is 9.99. The Morgan fingerprint density at radius 2 is 1.90 bits per heavy atom. The van der Waals surface area contributed by atoms with E-state index in [0.717, 1.165) is 11.1 Å². The van der Waals surface area contributed by atoms with Crippen molar-refractivity contribution in [3.63, 3.8) is 0 Å². The number of aryl methyl sites for hydroxylation is 1. The molecule has 0 amide bonds. The van der Waals surface area contributed by atoms with Crippen LogP contribution in [-0.2, 0) is 0 Å². The zero-order valence-electron chi connectivity index (χ0n) is 11.5. The van der Waals surface area contributed by atoms with Crippen LogP contribution in [0.2, 0.25) is 0 Å². The van der Waals surface area contributed by atoms with Gasteiger partial charge in [0.15, 0.2) is 0 Å². The molecular weight excluding hydrogens is 250 g/mol. The Labute approximate surface area is 118 Å². The maximum absolute atomic E-state index is 9.99. The van der Waals surface area contributed by atoms with Gasteiger partial charge in [-0.1, -0.05) is 29.8 Å². The topological polar surface area (TPSA) is 69.3 Å². The minimum atomic E-state index is -0.273. The molecule has 0 aliphatic carbocycles. The number of benzene rings is 1. The lowest BCUT2D eigenvalue weighted by Gasteiger charge is -2.10. The quantitative estimate of drug-likeness (QED) is 0.835. The molecule has 0 radical (unpaired) electrons. The summed E-state index contributed by atoms with van der Waals surface area (Å²) in [5.74, 6) is -0.139. The molecule has 0 bridgehead atoms. The molecule has 4 nitrogen and oxygen atoms in total. The van der Waals surface area contributed by atoms with E-state index in [1.54, 1.807) is 25.4 Å². The molecule has 1 heterocycles. The van der Waals surface area contributed by atoms with Gasteiger partial charge in [0.1, 0.15) is 11.4 Å². The molecule has 0 fully saturated rings. The SMILES string of the molecule is CN=CC(C=N)c1ccc(O)c(-c2ccc(C)cc2)n1. The summed E-state index contributed by atoms with van der Waals surface area (Å²) in [5, 5.41) is 17.4. The number of aromatic nitrogens is 1. The van der Waals surface area contributed by atoms with E-state index in [0.29, 0.717) is 11.4 Å². The fraction of sp³-hybridized carbons (Fsp3) is 0.188. The Morgan fingerprint density at radius 3 is 2.50 bits per heavy atom. The largest absolute Gasteiger partial charge is 0.506 e. The Morgan fingerprint density at radius 1 is 1.20 bits per heavy atom. The van der Waals surface area contributed by atoms with Gasteiger partial charge in [-0.25, -0.2) is 4.98 Å². The third-order valence-electron chi connectivity index (χ3n) is 3.05. The highest BCUT2D eigenvalue weighted by molar-refractivity contribution is 5.88. The number of hydrogen-bond donors (Lipinski definition) is 2. The van der Waals surface area contributed by atoms with Crippen LogP contribution in [0, 0.1) is 12.3 Å². The third kappa shape index (κ3) is 2.91. The molecule has 2 aromatic rings. The van der Waals surface area contributed by atoms with Gasteiger partial charge >= 0.3 is 0 Å². The Hall–Kier alpha value is -2.49. The van der Waals surface area contributed by atoms with Crippen LogP contribution in [0.25, 0.3) is 11.3 Å². The van der Waals surface area contributed by atoms with E-state index in [9.17, 15) is 5.11 Å². The predicted molar refractivity (Wildman–Crippen MR) is 82.0 cm³/mol. The average Bonchev–Trinajstić information content (AvgIpc) is 2.46. The summed E-state index contributed by atoms with van der Waals surface area (Å²) in [6.07, 6.45) is 2.94. The molecule has 0 saturated heterocycles. The van der Waals surface area contributed by atoms with Crippen molar-refractivity contribution in [3.8, 4) is 17.0 Å². The minimum absolute atomic E-state index is 0.134. The highest BCUT2D eigenvalue weighted by Gasteiger charge is 2.12. The van der Waals surface area contributed by atoms with Gasteiger partial charge in [-0.15, -0.1) is 0 Å². The summed E-state index contributed by atoms with van der Waals surface area (Å²) in [6, 6.07) is 11.1. The first-order valence-corrected chi connectivity index (χ1v) is 6.35. The van der Waals surface area contributed by atoms with Crippen molar-refractivity contribution in [1.82, 2.24) is 4.98 Å². The van der Waals surface area contributed by atoms with Crippen molar-refractivity contribution < 1.29 is 5.11 Å². The minimum Gasteiger partial charge on any atom is -0.506 e. The number of aliphatic imine (C=N–C) groups is 1. The Bertz CT molecular complexity index is 633. The van der Waals surface area contributed by atoms with E-state index in [1.807, 2.05) is 31.2 Å². The second-order valence-electron chi connectivity index (χ2n) is 4.57. The zero-order chi connectivity index (χ0) is 14.5. The lowest BCUT2D eigenvalue weighted by atomic mass is 10.0. The van der Waals surface area contributed by atoms with Crippen molar-refractivity contribution in [2.75, 3.05) is 7.05 Å². The van der Waals surface area contributed by atoms with Crippen LogP contribution in [0.5, 0.6) is 5.75 Å². The summed E-state index contributed by atoms with van der Waals surface area (Å²) < 4.78 is 0. The summed E-state index contributed by atoms with van der Waals surface area (Å²) in [4.78, 5) is 8.41. The van der Waals surface area contributed by atoms with E-state index in [2.05, 4.69) is 9.98 Å². The number of nitrogens with one attached hydrogen (secondary N) is 1. The monoisotopic (exact) mass is 267 g/mol. The Balaban J connectivity index is 2.48. The van der Waals surface area contributed by atoms with Gasteiger partial charge in [-0.05, 0) is 19.1 Å². The first-order chi connectivity index (χ1) is 9.65. The van der Waals surface area contributed by atoms with Gasteiger partial charge in [0.2, 0.25) is 0 Å². The predicted octanol–water partition coefficient (Wildman–Crippen LogP) is 3.20. The average molecular weight is 267 g/mol. The molecule has 1 aromatic heterocycles. The molecule has 20 heavy (non-hydrogen) atoms. The zero-order valence-corrected chi connectivity index (χ0v) is 11.5. The number of aromatic hydroxyl groups is 1. The molecule has 0 aliphatic heterocycles. The van der Waals surface area contributed by atoms with Crippen LogP contribution in [0.1, 0.15) is 17.2 Å². The van der Waals surface area contributed by atoms with Gasteiger partial charge in [0.25, 0.3) is 0 Å². The molecular formula is C16H17N3O. The van der Waals surface area contributed by atoms with Gasteiger partial charge in [-0.2, -0.15) is 0 Å². The Kier molecular flexibility index (Phi) is 4.25. The number of rotatable bonds is 4. The second-order valence-corrected chi connectivity index (χ2v) is 4.57. The normalized spacial score (nSPS) is 12.5. The first-order valence-electron chi connectivity index (χ1n) is 6.35. The second kappa shape index (κ2) is 6.10. The third-order valence-corrected chi connectivity index (χ3v) is 3.05. The first kappa shape index (κ1) is 13.9. The standard InChI is InChI=1S/C16H17N3O/c1-11-3-5-12(6-4-11)16-15(20)8-7-14(19-16)13(9-17)10-18-2/h3-10,13,17,20H,1-2H3. The lowest BCUT2D eigenvalue weighted by Crippen LogP contribution is -2.04. The van der Waals surface area contributed by atoms with Crippen LogP contribution >= 0.6 is 0 Å². The smallest absolute Gasteiger partial charge is 0.141 e. The van der Waals surface area contributed by atoms with Crippen molar-refractivity contribution in [1.29, 1.82) is 5.41 Å². The van der Waals surface area contributed by atoms with Gasteiger partial charge in [0, 0.05) is 25.0 Å². The molecule has 1 unspecified atom stereocenters. The van der Waals surface area contributed by atoms with E-state index in [4.69, 9.17) is 5.41 Å². The van der Waals surface area contributed by atoms with E-state index in [1.165, 1.54) is 6.21 Å². The fourth-order valence-corrected chi connectivity index (χ4v) is 1.94. The van der Waals surface area contributed by atoms with Gasteiger partial charge in [-0.3, -0.25) is 4.99 Å². The summed E-state index contributed by atoms with van der Waals surface area (Å²) in [6.45, 7) is 2.01. The fourth-order valence-electron chi connectivity index (χ4n) is 1.94. The van der Waals surface area contributed by atoms with Gasteiger partial charge in [0.05, 0.1) is 11.6 Å². The van der Waals surface area contributed by atoms with Crippen LogP contribution in [-0.4, -0.2) is 29.6 Å². The maximum Gasteiger partial charge on any atom is 0.141 e. The van der Waals surface area contributed by atoms with Gasteiger partial charge < -0.3 is 10.5 Å². The number of pyridine rings is 1. The molecule has 0 spiro atoms. The van der Waals surface area contributed by atoms with Crippen molar-refractivity contribution in [2.24, 2.45) is 4.99 Å². The molecule has 1 atom stereocenters. The summed E-state index contributed by atoms with van der Waals surface area (Å²) in [7, 11) is 1.66. The van der Waals surface area contributed by atoms with E-state index >= 15 is 0 Å². The van der Waals surface area contributed by atoms with E-state index in [-0.39, 0.29) is 11.7 Å². The van der Waals surface area contributed by atoms with E-state index < -0.39 is 0 Å². The summed E-state index contributed by atoms with van der Waals surface area (Å²) in [5.41, 5.74) is 3.23. The summed E-state index contributed by atoms with van der Waals surface area (Å²) >= 11 is 0. The van der Waals surface area contributed by atoms with Crippen LogP contribution < -0.4 is 0 Å². The van der Waals surface area contributed by atoms with Crippen molar-refractivity contribution in [2.45, 2.75) is 12.8 Å². The molecule has 2 N–H and O–H groups in total. The highest BCUT2D eigenvalue weighted by Crippen LogP contribution is 2.28. The number of nitrogens with zero attached hydrogens (tertiary/aromatic N) is 2. The molecule has 0 aliphatic rings.